The van der Waals surface area contributed by atoms with Gasteiger partial charge in [-0.2, -0.15) is 0 Å². The third-order valence-electron chi connectivity index (χ3n) is 7.28. The van der Waals surface area contributed by atoms with Crippen molar-refractivity contribution in [1.82, 2.24) is 15.3 Å². The van der Waals surface area contributed by atoms with Gasteiger partial charge < -0.3 is 20.7 Å². The predicted molar refractivity (Wildman–Crippen MR) is 145 cm³/mol. The summed E-state index contributed by atoms with van der Waals surface area (Å²) in [6.07, 6.45) is 9.38. The Hall–Kier alpha value is -4.13. The number of fused-ring (bicyclic) bond motifs is 1. The van der Waals surface area contributed by atoms with E-state index in [9.17, 15) is 14.7 Å². The molecule has 1 saturated carbocycles. The molecule has 1 atom stereocenters. The lowest BCUT2D eigenvalue weighted by molar-refractivity contribution is -0.139. The van der Waals surface area contributed by atoms with Crippen LogP contribution in [0.5, 0.6) is 0 Å². The number of hydrogen-bond acceptors (Lipinski definition) is 4. The second kappa shape index (κ2) is 11.3. The Kier molecular flexibility index (Phi) is 7.49. The molecule has 1 aromatic heterocycles. The normalized spacial score (nSPS) is 14.8. The van der Waals surface area contributed by atoms with Crippen LogP contribution in [0.25, 0.3) is 21.9 Å². The summed E-state index contributed by atoms with van der Waals surface area (Å²) in [6.45, 7) is 0.559. The molecule has 1 unspecified atom stereocenters. The number of aliphatic carboxylic acids is 1. The van der Waals surface area contributed by atoms with E-state index in [-0.39, 0.29) is 5.91 Å². The number of rotatable bonds is 9. The zero-order valence-electron chi connectivity index (χ0n) is 20.7. The van der Waals surface area contributed by atoms with Crippen LogP contribution < -0.4 is 10.6 Å². The van der Waals surface area contributed by atoms with Crippen LogP contribution >= 0.6 is 0 Å². The minimum atomic E-state index is -0.983. The molecule has 5 rings (SSSR count). The number of anilines is 1. The Morgan fingerprint density at radius 2 is 1.81 bits per heavy atom. The van der Waals surface area contributed by atoms with Gasteiger partial charge in [-0.25, -0.2) is 9.78 Å². The summed E-state index contributed by atoms with van der Waals surface area (Å²) in [5, 5.41) is 18.2. The summed E-state index contributed by atoms with van der Waals surface area (Å²) in [7, 11) is 0. The maximum Gasteiger partial charge on any atom is 0.326 e. The molecule has 1 heterocycles. The minimum absolute atomic E-state index is 0.335. The van der Waals surface area contributed by atoms with Gasteiger partial charge in [-0.3, -0.25) is 4.79 Å². The second-order valence-corrected chi connectivity index (χ2v) is 9.82. The first kappa shape index (κ1) is 24.6. The number of hydrogen-bond donors (Lipinski definition) is 4. The maximum atomic E-state index is 13.6. The third-order valence-corrected chi connectivity index (χ3v) is 7.28. The van der Waals surface area contributed by atoms with Gasteiger partial charge in [-0.05, 0) is 52.4 Å². The average Bonchev–Trinajstić information content (AvgIpc) is 3.45. The molecule has 37 heavy (non-hydrogen) atoms. The summed E-state index contributed by atoms with van der Waals surface area (Å²) in [5.74, 6) is -1.02. The Morgan fingerprint density at radius 1 is 1.00 bits per heavy atom. The lowest BCUT2D eigenvalue weighted by Crippen LogP contribution is -2.42. The fourth-order valence-electron chi connectivity index (χ4n) is 5.33. The SMILES string of the molecule is O=C(NC(CC1CCCCC1)C(=O)O)c1ccc(NCc2cnc[nH]2)cc1-c1cccc2ccccc12. The zero-order chi connectivity index (χ0) is 25.6. The van der Waals surface area contributed by atoms with E-state index < -0.39 is 12.0 Å². The molecule has 190 valence electrons. The third kappa shape index (κ3) is 5.82. The Morgan fingerprint density at radius 3 is 2.59 bits per heavy atom. The van der Waals surface area contributed by atoms with E-state index in [4.69, 9.17) is 0 Å². The van der Waals surface area contributed by atoms with Crippen LogP contribution in [0.1, 0.15) is 54.6 Å². The number of amides is 1. The first-order valence-electron chi connectivity index (χ1n) is 13.0. The van der Waals surface area contributed by atoms with Gasteiger partial charge in [-0.15, -0.1) is 0 Å². The maximum absolute atomic E-state index is 13.6. The standard InChI is InChI=1S/C30H32N4O3/c35-29(34-28(30(36)37)15-20-7-2-1-3-8-20)26-14-13-22(32-18-23-17-31-19-33-23)16-27(26)25-12-6-10-21-9-4-5-11-24(21)25/h4-6,9-14,16-17,19-20,28,32H,1-3,7-8,15,18H2,(H,31,33)(H,34,35)(H,36,37). The van der Waals surface area contributed by atoms with Crippen molar-refractivity contribution in [2.75, 3.05) is 5.32 Å². The van der Waals surface area contributed by atoms with Crippen molar-refractivity contribution in [2.45, 2.75) is 51.1 Å². The molecular formula is C30H32N4O3. The highest BCUT2D eigenvalue weighted by Crippen LogP contribution is 2.34. The predicted octanol–water partition coefficient (Wildman–Crippen LogP) is 6.00. The molecular weight excluding hydrogens is 464 g/mol. The van der Waals surface area contributed by atoms with Gasteiger partial charge in [0.1, 0.15) is 6.04 Å². The summed E-state index contributed by atoms with van der Waals surface area (Å²) in [6, 6.07) is 18.8. The highest BCUT2D eigenvalue weighted by atomic mass is 16.4. The quantitative estimate of drug-likeness (QED) is 0.227. The van der Waals surface area contributed by atoms with Crippen molar-refractivity contribution in [3.8, 4) is 11.1 Å². The zero-order valence-corrected chi connectivity index (χ0v) is 20.7. The van der Waals surface area contributed by atoms with E-state index in [0.29, 0.717) is 24.4 Å². The molecule has 4 N–H and O–H groups in total. The van der Waals surface area contributed by atoms with Crippen LogP contribution in [0.2, 0.25) is 0 Å². The number of nitrogens with zero attached hydrogens (tertiary/aromatic N) is 1. The smallest absolute Gasteiger partial charge is 0.326 e. The van der Waals surface area contributed by atoms with Crippen LogP contribution in [0, 0.1) is 5.92 Å². The van der Waals surface area contributed by atoms with E-state index in [0.717, 1.165) is 59.0 Å². The fourth-order valence-corrected chi connectivity index (χ4v) is 5.33. The van der Waals surface area contributed by atoms with E-state index in [1.54, 1.807) is 18.6 Å². The first-order chi connectivity index (χ1) is 18.1. The summed E-state index contributed by atoms with van der Waals surface area (Å²) in [5.41, 5.74) is 3.93. The Bertz CT molecular complexity index is 1370. The number of carbonyl (C=O) groups excluding carboxylic acids is 1. The van der Waals surface area contributed by atoms with E-state index in [2.05, 4.69) is 20.6 Å². The molecule has 0 saturated heterocycles. The van der Waals surface area contributed by atoms with Crippen LogP contribution in [0.4, 0.5) is 5.69 Å². The van der Waals surface area contributed by atoms with Crippen molar-refractivity contribution < 1.29 is 14.7 Å². The fraction of sp³-hybridized carbons (Fsp3) is 0.300. The topological polar surface area (TPSA) is 107 Å². The highest BCUT2D eigenvalue weighted by Gasteiger charge is 2.27. The molecule has 3 aromatic carbocycles. The van der Waals surface area contributed by atoms with Crippen molar-refractivity contribution >= 4 is 28.3 Å². The molecule has 0 radical (unpaired) electrons. The number of nitrogens with one attached hydrogen (secondary N) is 3. The molecule has 0 spiro atoms. The summed E-state index contributed by atoms with van der Waals surface area (Å²) < 4.78 is 0. The number of H-pyrrole nitrogens is 1. The first-order valence-corrected chi connectivity index (χ1v) is 13.0. The largest absolute Gasteiger partial charge is 0.480 e. The molecule has 1 fully saturated rings. The number of carbonyl (C=O) groups is 2. The second-order valence-electron chi connectivity index (χ2n) is 9.82. The number of imidazole rings is 1. The molecule has 4 aromatic rings. The summed E-state index contributed by atoms with van der Waals surface area (Å²) >= 11 is 0. The molecule has 1 amide bonds. The van der Waals surface area contributed by atoms with Crippen LogP contribution in [-0.2, 0) is 11.3 Å². The highest BCUT2D eigenvalue weighted by molar-refractivity contribution is 6.07. The van der Waals surface area contributed by atoms with Gasteiger partial charge in [0.15, 0.2) is 0 Å². The molecule has 0 bridgehead atoms. The average molecular weight is 497 g/mol. The number of aromatic nitrogens is 2. The van der Waals surface area contributed by atoms with Crippen molar-refractivity contribution in [2.24, 2.45) is 5.92 Å². The minimum Gasteiger partial charge on any atom is -0.480 e. The summed E-state index contributed by atoms with van der Waals surface area (Å²) in [4.78, 5) is 32.8. The lowest BCUT2D eigenvalue weighted by atomic mass is 9.84. The van der Waals surface area contributed by atoms with E-state index >= 15 is 0 Å². The molecule has 0 aliphatic heterocycles. The van der Waals surface area contributed by atoms with Crippen molar-refractivity contribution in [1.29, 1.82) is 0 Å². The molecule has 7 heteroatoms. The van der Waals surface area contributed by atoms with Gasteiger partial charge in [0, 0.05) is 17.4 Å². The Labute approximate surface area is 216 Å². The lowest BCUT2D eigenvalue weighted by Gasteiger charge is -2.25. The van der Waals surface area contributed by atoms with Crippen LogP contribution in [-0.4, -0.2) is 33.0 Å². The van der Waals surface area contributed by atoms with Crippen molar-refractivity contribution in [3.63, 3.8) is 0 Å². The number of benzene rings is 3. The van der Waals surface area contributed by atoms with Gasteiger partial charge in [0.25, 0.3) is 5.91 Å². The molecule has 1 aliphatic rings. The van der Waals surface area contributed by atoms with E-state index in [1.807, 2.05) is 54.6 Å². The van der Waals surface area contributed by atoms with E-state index in [1.165, 1.54) is 6.42 Å². The number of aromatic amines is 1. The Balaban J connectivity index is 1.47. The molecule has 7 nitrogen and oxygen atoms in total. The number of carboxylic acid groups (broad SMARTS) is 1. The van der Waals surface area contributed by atoms with Crippen LogP contribution in [0.3, 0.4) is 0 Å². The van der Waals surface area contributed by atoms with Gasteiger partial charge in [-0.1, -0.05) is 74.6 Å². The van der Waals surface area contributed by atoms with Crippen molar-refractivity contribution in [3.05, 3.63) is 84.4 Å². The number of carboxylic acids is 1. The molecule has 1 aliphatic carbocycles. The van der Waals surface area contributed by atoms with Crippen LogP contribution in [0.15, 0.2) is 73.2 Å². The van der Waals surface area contributed by atoms with Gasteiger partial charge in [0.2, 0.25) is 0 Å². The monoisotopic (exact) mass is 496 g/mol. The van der Waals surface area contributed by atoms with Gasteiger partial charge in [0.05, 0.1) is 18.6 Å². The van der Waals surface area contributed by atoms with Gasteiger partial charge >= 0.3 is 5.97 Å².